The van der Waals surface area contributed by atoms with Crippen molar-refractivity contribution >= 4 is 16.9 Å². The molecule has 1 N–H and O–H groups in total. The molecular weight excluding hydrogens is 392 g/mol. The second kappa shape index (κ2) is 9.41. The molecule has 7 heteroatoms. The molecule has 0 bridgehead atoms. The van der Waals surface area contributed by atoms with Crippen LogP contribution in [0.15, 0.2) is 54.9 Å². The lowest BCUT2D eigenvalue weighted by molar-refractivity contribution is -0.134. The molecule has 31 heavy (non-hydrogen) atoms. The molecule has 1 aromatic heterocycles. The van der Waals surface area contributed by atoms with Crippen LogP contribution in [0.1, 0.15) is 23.6 Å². The van der Waals surface area contributed by atoms with Gasteiger partial charge in [-0.2, -0.15) is 0 Å². The molecule has 7 nitrogen and oxygen atoms in total. The number of hydrogen-bond acceptors (Lipinski definition) is 6. The molecule has 3 aromatic rings. The van der Waals surface area contributed by atoms with Crippen molar-refractivity contribution in [3.05, 3.63) is 66.0 Å². The summed E-state index contributed by atoms with van der Waals surface area (Å²) in [5.41, 5.74) is 3.50. The van der Waals surface area contributed by atoms with Crippen LogP contribution in [0.25, 0.3) is 11.0 Å². The number of benzene rings is 2. The van der Waals surface area contributed by atoms with Crippen LogP contribution < -0.4 is 4.74 Å². The Morgan fingerprint density at radius 3 is 2.65 bits per heavy atom. The summed E-state index contributed by atoms with van der Waals surface area (Å²) in [6.07, 6.45) is 3.75. The third-order valence-electron chi connectivity index (χ3n) is 5.86. The molecule has 0 saturated carbocycles. The molecule has 1 unspecified atom stereocenters. The van der Waals surface area contributed by atoms with Crippen molar-refractivity contribution in [2.75, 3.05) is 33.3 Å². The summed E-state index contributed by atoms with van der Waals surface area (Å²) in [4.78, 5) is 25.8. The van der Waals surface area contributed by atoms with Crippen molar-refractivity contribution in [3.8, 4) is 5.75 Å². The van der Waals surface area contributed by atoms with E-state index in [4.69, 9.17) is 4.74 Å². The van der Waals surface area contributed by atoms with Crippen molar-refractivity contribution < 1.29 is 14.6 Å². The molecule has 1 saturated heterocycles. The Kier molecular flexibility index (Phi) is 6.44. The number of carbonyl (C=O) groups is 1. The van der Waals surface area contributed by atoms with Gasteiger partial charge in [-0.25, -0.2) is 4.98 Å². The second-order valence-electron chi connectivity index (χ2n) is 8.06. The van der Waals surface area contributed by atoms with Gasteiger partial charge in [0, 0.05) is 39.1 Å². The van der Waals surface area contributed by atoms with Gasteiger partial charge in [0.2, 0.25) is 0 Å². The number of nitrogens with zero attached hydrogens (tertiary/aromatic N) is 4. The Morgan fingerprint density at radius 2 is 1.94 bits per heavy atom. The molecule has 1 aliphatic rings. The van der Waals surface area contributed by atoms with Crippen LogP contribution in [-0.4, -0.2) is 70.2 Å². The summed E-state index contributed by atoms with van der Waals surface area (Å²) < 4.78 is 5.88. The van der Waals surface area contributed by atoms with Crippen LogP contribution in [0.2, 0.25) is 0 Å². The van der Waals surface area contributed by atoms with E-state index in [0.29, 0.717) is 24.4 Å². The van der Waals surface area contributed by atoms with Gasteiger partial charge in [-0.1, -0.05) is 36.4 Å². The van der Waals surface area contributed by atoms with Crippen LogP contribution in [0, 0.1) is 6.92 Å². The van der Waals surface area contributed by atoms with Gasteiger partial charge in [0.1, 0.15) is 11.3 Å². The fourth-order valence-corrected chi connectivity index (χ4v) is 4.05. The first-order chi connectivity index (χ1) is 15.0. The highest BCUT2D eigenvalue weighted by Gasteiger charge is 2.28. The van der Waals surface area contributed by atoms with Gasteiger partial charge in [-0.15, -0.1) is 0 Å². The van der Waals surface area contributed by atoms with Crippen molar-refractivity contribution in [1.29, 1.82) is 0 Å². The Hall–Kier alpha value is -3.03. The maximum absolute atomic E-state index is 13.1. The number of amides is 1. The molecule has 2 aromatic carbocycles. The summed E-state index contributed by atoms with van der Waals surface area (Å²) in [5.74, 6) is 0.431. The van der Waals surface area contributed by atoms with E-state index in [1.165, 1.54) is 0 Å². The topological polar surface area (TPSA) is 78.8 Å². The molecule has 4 rings (SSSR count). The monoisotopic (exact) mass is 420 g/mol. The number of likely N-dealkylation sites (tertiary alicyclic amines) is 1. The van der Waals surface area contributed by atoms with Crippen LogP contribution in [-0.2, 0) is 4.79 Å². The SMILES string of the molecule is Cc1ccc(OCC(=O)N(C)C(CN2CC[C@H](O)C2)c2ccccc2)c2nccnc12. The highest BCUT2D eigenvalue weighted by Crippen LogP contribution is 2.26. The maximum Gasteiger partial charge on any atom is 0.260 e. The fraction of sp³-hybridized carbons (Fsp3) is 0.375. The van der Waals surface area contributed by atoms with Gasteiger partial charge in [-0.3, -0.25) is 14.7 Å². The van der Waals surface area contributed by atoms with E-state index in [0.717, 1.165) is 29.6 Å². The summed E-state index contributed by atoms with van der Waals surface area (Å²) in [6.45, 7) is 4.02. The van der Waals surface area contributed by atoms with Crippen molar-refractivity contribution in [2.24, 2.45) is 0 Å². The number of hydrogen-bond donors (Lipinski definition) is 1. The van der Waals surface area contributed by atoms with E-state index in [1.54, 1.807) is 17.3 Å². The Bertz CT molecular complexity index is 1040. The largest absolute Gasteiger partial charge is 0.481 e. The summed E-state index contributed by atoms with van der Waals surface area (Å²) in [5, 5.41) is 9.89. The van der Waals surface area contributed by atoms with Gasteiger partial charge >= 0.3 is 0 Å². The van der Waals surface area contributed by atoms with E-state index in [-0.39, 0.29) is 24.7 Å². The third kappa shape index (κ3) is 4.84. The number of fused-ring (bicyclic) bond motifs is 1. The van der Waals surface area contributed by atoms with E-state index >= 15 is 0 Å². The fourth-order valence-electron chi connectivity index (χ4n) is 4.05. The molecule has 0 spiro atoms. The minimum Gasteiger partial charge on any atom is -0.481 e. The van der Waals surface area contributed by atoms with Crippen molar-refractivity contribution in [2.45, 2.75) is 25.5 Å². The van der Waals surface area contributed by atoms with Gasteiger partial charge in [-0.05, 0) is 30.5 Å². The average Bonchev–Trinajstić information content (AvgIpc) is 3.22. The number of aliphatic hydroxyl groups is 1. The second-order valence-corrected chi connectivity index (χ2v) is 8.06. The minimum absolute atomic E-state index is 0.0861. The predicted molar refractivity (Wildman–Crippen MR) is 119 cm³/mol. The minimum atomic E-state index is -0.295. The smallest absolute Gasteiger partial charge is 0.260 e. The lowest BCUT2D eigenvalue weighted by Gasteiger charge is -2.32. The Balaban J connectivity index is 1.49. The van der Waals surface area contributed by atoms with Gasteiger partial charge in [0.15, 0.2) is 6.61 Å². The predicted octanol–water partition coefficient (Wildman–Crippen LogP) is 2.58. The lowest BCUT2D eigenvalue weighted by Crippen LogP contribution is -2.40. The standard InChI is InChI=1S/C24H28N4O3/c1-17-8-9-21(24-23(17)25-11-12-26-24)31-16-22(30)27(2)20(18-6-4-3-5-7-18)15-28-13-10-19(29)14-28/h3-9,11-12,19-20,29H,10,13-16H2,1-2H3/t19-,20?/m0/s1. The zero-order valence-corrected chi connectivity index (χ0v) is 17.9. The Labute approximate surface area is 182 Å². The average molecular weight is 421 g/mol. The first kappa shape index (κ1) is 21.2. The zero-order valence-electron chi connectivity index (χ0n) is 17.9. The molecule has 2 atom stereocenters. The van der Waals surface area contributed by atoms with Crippen LogP contribution in [0.4, 0.5) is 0 Å². The number of ether oxygens (including phenoxy) is 1. The van der Waals surface area contributed by atoms with E-state index < -0.39 is 0 Å². The number of aliphatic hydroxyl groups excluding tert-OH is 1. The van der Waals surface area contributed by atoms with Gasteiger partial charge in [0.05, 0.1) is 17.7 Å². The molecule has 0 radical (unpaired) electrons. The van der Waals surface area contributed by atoms with Crippen LogP contribution in [0.3, 0.4) is 0 Å². The van der Waals surface area contributed by atoms with Crippen molar-refractivity contribution in [1.82, 2.24) is 19.8 Å². The lowest BCUT2D eigenvalue weighted by atomic mass is 10.0. The molecule has 162 valence electrons. The van der Waals surface area contributed by atoms with E-state index in [1.807, 2.05) is 56.4 Å². The number of carbonyl (C=O) groups excluding carboxylic acids is 1. The van der Waals surface area contributed by atoms with Crippen molar-refractivity contribution in [3.63, 3.8) is 0 Å². The zero-order chi connectivity index (χ0) is 21.8. The highest BCUT2D eigenvalue weighted by molar-refractivity contribution is 5.84. The molecule has 0 aliphatic carbocycles. The van der Waals surface area contributed by atoms with Crippen LogP contribution >= 0.6 is 0 Å². The Morgan fingerprint density at radius 1 is 1.19 bits per heavy atom. The molecule has 1 aliphatic heterocycles. The first-order valence-electron chi connectivity index (χ1n) is 10.6. The number of aryl methyl sites for hydroxylation is 1. The number of β-amino-alcohol motifs (C(OH)–C–C–N with tert-alkyl or cyclic N) is 1. The van der Waals surface area contributed by atoms with Gasteiger partial charge in [0.25, 0.3) is 5.91 Å². The molecule has 2 heterocycles. The number of aromatic nitrogens is 2. The molecule has 1 fully saturated rings. The normalized spacial score (nSPS) is 17.6. The first-order valence-corrected chi connectivity index (χ1v) is 10.6. The highest BCUT2D eigenvalue weighted by atomic mass is 16.5. The van der Waals surface area contributed by atoms with E-state index in [9.17, 15) is 9.90 Å². The maximum atomic E-state index is 13.1. The van der Waals surface area contributed by atoms with Gasteiger partial charge < -0.3 is 14.7 Å². The summed E-state index contributed by atoms with van der Waals surface area (Å²) >= 11 is 0. The summed E-state index contributed by atoms with van der Waals surface area (Å²) in [7, 11) is 1.81. The summed E-state index contributed by atoms with van der Waals surface area (Å²) in [6, 6.07) is 13.6. The molecule has 1 amide bonds. The van der Waals surface area contributed by atoms with E-state index in [2.05, 4.69) is 14.9 Å². The van der Waals surface area contributed by atoms with Crippen LogP contribution in [0.5, 0.6) is 5.75 Å². The third-order valence-corrected chi connectivity index (χ3v) is 5.86. The number of likely N-dealkylation sites (N-methyl/N-ethyl adjacent to an activating group) is 1. The quantitative estimate of drug-likeness (QED) is 0.633. The molecular formula is C24H28N4O3. The number of rotatable bonds is 7.